The van der Waals surface area contributed by atoms with E-state index >= 15 is 0 Å². The standard InChI is InChI=1S/C12H10Cl2N2O/c1-17-11-4-9(14)2-3-10(11)12-15-6-8(5-13)7-16-12/h2-4,6-7H,5H2,1H3. The van der Waals surface area contributed by atoms with E-state index in [1.54, 1.807) is 31.6 Å². The first-order chi connectivity index (χ1) is 8.24. The summed E-state index contributed by atoms with van der Waals surface area (Å²) in [6.07, 6.45) is 3.40. The van der Waals surface area contributed by atoms with Gasteiger partial charge in [0.1, 0.15) is 5.75 Å². The zero-order chi connectivity index (χ0) is 12.3. The van der Waals surface area contributed by atoms with Gasteiger partial charge in [0.2, 0.25) is 0 Å². The Bertz CT molecular complexity index is 514. The van der Waals surface area contributed by atoms with Gasteiger partial charge in [0.25, 0.3) is 0 Å². The van der Waals surface area contributed by atoms with Gasteiger partial charge in [0, 0.05) is 23.0 Å². The van der Waals surface area contributed by atoms with Crippen molar-refractivity contribution in [2.75, 3.05) is 7.11 Å². The van der Waals surface area contributed by atoms with Gasteiger partial charge in [-0.2, -0.15) is 0 Å². The molecule has 0 aliphatic rings. The van der Waals surface area contributed by atoms with Crippen molar-refractivity contribution < 1.29 is 4.74 Å². The largest absolute Gasteiger partial charge is 0.496 e. The van der Waals surface area contributed by atoms with Gasteiger partial charge < -0.3 is 4.74 Å². The molecule has 5 heteroatoms. The van der Waals surface area contributed by atoms with Crippen molar-refractivity contribution >= 4 is 23.2 Å². The Hall–Kier alpha value is -1.32. The number of halogens is 2. The van der Waals surface area contributed by atoms with E-state index in [4.69, 9.17) is 27.9 Å². The van der Waals surface area contributed by atoms with Crippen molar-refractivity contribution in [1.82, 2.24) is 9.97 Å². The molecule has 1 aromatic carbocycles. The number of hydrogen-bond acceptors (Lipinski definition) is 3. The van der Waals surface area contributed by atoms with Crippen LogP contribution in [0.5, 0.6) is 5.75 Å². The Morgan fingerprint density at radius 3 is 2.53 bits per heavy atom. The summed E-state index contributed by atoms with van der Waals surface area (Å²) in [6, 6.07) is 5.34. The monoisotopic (exact) mass is 268 g/mol. The highest BCUT2D eigenvalue weighted by Crippen LogP contribution is 2.29. The second-order valence-corrected chi connectivity index (χ2v) is 4.10. The summed E-state index contributed by atoms with van der Waals surface area (Å²) in [6.45, 7) is 0. The fraction of sp³-hybridized carbons (Fsp3) is 0.167. The molecule has 0 aliphatic heterocycles. The molecule has 0 atom stereocenters. The minimum atomic E-state index is 0.401. The quantitative estimate of drug-likeness (QED) is 0.799. The van der Waals surface area contributed by atoms with E-state index in [1.807, 2.05) is 6.07 Å². The fourth-order valence-corrected chi connectivity index (χ4v) is 1.71. The second kappa shape index (κ2) is 5.34. The van der Waals surface area contributed by atoms with Crippen LogP contribution in [0.3, 0.4) is 0 Å². The first-order valence-corrected chi connectivity index (χ1v) is 5.86. The lowest BCUT2D eigenvalue weighted by Gasteiger charge is -2.07. The predicted octanol–water partition coefficient (Wildman–Crippen LogP) is 3.54. The molecular formula is C12H10Cl2N2O. The van der Waals surface area contributed by atoms with Gasteiger partial charge in [-0.3, -0.25) is 0 Å². The molecule has 0 fully saturated rings. The molecular weight excluding hydrogens is 259 g/mol. The zero-order valence-electron chi connectivity index (χ0n) is 9.15. The first kappa shape index (κ1) is 12.1. The van der Waals surface area contributed by atoms with Gasteiger partial charge in [0.05, 0.1) is 18.6 Å². The zero-order valence-corrected chi connectivity index (χ0v) is 10.7. The molecule has 0 saturated carbocycles. The summed E-state index contributed by atoms with van der Waals surface area (Å²) < 4.78 is 5.25. The lowest BCUT2D eigenvalue weighted by atomic mass is 10.2. The number of hydrogen-bond donors (Lipinski definition) is 0. The number of alkyl halides is 1. The third kappa shape index (κ3) is 2.68. The van der Waals surface area contributed by atoms with E-state index in [1.165, 1.54) is 0 Å². The fourth-order valence-electron chi connectivity index (χ4n) is 1.41. The number of benzene rings is 1. The van der Waals surface area contributed by atoms with Crippen molar-refractivity contribution in [2.24, 2.45) is 0 Å². The molecule has 0 saturated heterocycles. The summed E-state index contributed by atoms with van der Waals surface area (Å²) >= 11 is 11.6. The smallest absolute Gasteiger partial charge is 0.162 e. The number of aromatic nitrogens is 2. The van der Waals surface area contributed by atoms with Crippen LogP contribution in [0.1, 0.15) is 5.56 Å². The predicted molar refractivity (Wildman–Crippen MR) is 68.6 cm³/mol. The summed E-state index contributed by atoms with van der Waals surface area (Å²) in [7, 11) is 1.59. The molecule has 2 rings (SSSR count). The highest BCUT2D eigenvalue weighted by Gasteiger charge is 2.08. The van der Waals surface area contributed by atoms with Crippen LogP contribution in [0.2, 0.25) is 5.02 Å². The minimum Gasteiger partial charge on any atom is -0.496 e. The molecule has 0 amide bonds. The third-order valence-corrected chi connectivity index (χ3v) is 2.81. The van der Waals surface area contributed by atoms with Crippen molar-refractivity contribution in [3.05, 3.63) is 41.2 Å². The second-order valence-electron chi connectivity index (χ2n) is 3.39. The summed E-state index contributed by atoms with van der Waals surface area (Å²) in [5.41, 5.74) is 1.68. The molecule has 88 valence electrons. The SMILES string of the molecule is COc1cc(Cl)ccc1-c1ncc(CCl)cn1. The lowest BCUT2D eigenvalue weighted by Crippen LogP contribution is -1.94. The molecule has 0 aliphatic carbocycles. The number of methoxy groups -OCH3 is 1. The summed E-state index contributed by atoms with van der Waals surface area (Å²) in [4.78, 5) is 8.48. The van der Waals surface area contributed by atoms with Gasteiger partial charge in [-0.15, -0.1) is 11.6 Å². The van der Waals surface area contributed by atoms with Gasteiger partial charge in [-0.1, -0.05) is 11.6 Å². The number of nitrogens with zero attached hydrogens (tertiary/aromatic N) is 2. The molecule has 1 heterocycles. The van der Waals surface area contributed by atoms with Crippen molar-refractivity contribution in [3.63, 3.8) is 0 Å². The van der Waals surface area contributed by atoms with Gasteiger partial charge in [-0.25, -0.2) is 9.97 Å². The summed E-state index contributed by atoms with van der Waals surface area (Å²) in [5.74, 6) is 1.64. The van der Waals surface area contributed by atoms with Gasteiger partial charge in [-0.05, 0) is 18.2 Å². The maximum Gasteiger partial charge on any atom is 0.162 e. The Labute approximate surface area is 109 Å². The maximum absolute atomic E-state index is 5.89. The van der Waals surface area contributed by atoms with Crippen molar-refractivity contribution in [1.29, 1.82) is 0 Å². The van der Waals surface area contributed by atoms with Crippen LogP contribution in [0.4, 0.5) is 0 Å². The third-order valence-electron chi connectivity index (χ3n) is 2.26. The molecule has 2 aromatic rings. The Kier molecular flexibility index (Phi) is 3.82. The first-order valence-electron chi connectivity index (χ1n) is 4.95. The average Bonchev–Trinajstić information content (AvgIpc) is 2.39. The summed E-state index contributed by atoms with van der Waals surface area (Å²) in [5, 5.41) is 0.614. The van der Waals surface area contributed by atoms with E-state index in [0.29, 0.717) is 22.5 Å². The van der Waals surface area contributed by atoms with Crippen LogP contribution in [0.15, 0.2) is 30.6 Å². The van der Waals surface area contributed by atoms with E-state index in [2.05, 4.69) is 9.97 Å². The molecule has 0 spiro atoms. The molecule has 0 radical (unpaired) electrons. The van der Waals surface area contributed by atoms with Crippen LogP contribution in [0, 0.1) is 0 Å². The molecule has 0 N–H and O–H groups in total. The molecule has 1 aromatic heterocycles. The van der Waals surface area contributed by atoms with Crippen molar-refractivity contribution in [2.45, 2.75) is 5.88 Å². The maximum atomic E-state index is 5.89. The van der Waals surface area contributed by atoms with Crippen LogP contribution in [0.25, 0.3) is 11.4 Å². The topological polar surface area (TPSA) is 35.0 Å². The Balaban J connectivity index is 2.44. The Morgan fingerprint density at radius 1 is 1.24 bits per heavy atom. The highest BCUT2D eigenvalue weighted by atomic mass is 35.5. The normalized spacial score (nSPS) is 10.3. The molecule has 0 unspecified atom stereocenters. The number of ether oxygens (including phenoxy) is 1. The average molecular weight is 269 g/mol. The Morgan fingerprint density at radius 2 is 1.94 bits per heavy atom. The minimum absolute atomic E-state index is 0.401. The molecule has 3 nitrogen and oxygen atoms in total. The van der Waals surface area contributed by atoms with E-state index in [-0.39, 0.29) is 0 Å². The van der Waals surface area contributed by atoms with Crippen LogP contribution >= 0.6 is 23.2 Å². The molecule has 17 heavy (non-hydrogen) atoms. The highest BCUT2D eigenvalue weighted by molar-refractivity contribution is 6.30. The number of rotatable bonds is 3. The van der Waals surface area contributed by atoms with Crippen LogP contribution in [-0.2, 0) is 5.88 Å². The van der Waals surface area contributed by atoms with Crippen molar-refractivity contribution in [3.8, 4) is 17.1 Å². The van der Waals surface area contributed by atoms with E-state index < -0.39 is 0 Å². The van der Waals surface area contributed by atoms with E-state index in [9.17, 15) is 0 Å². The lowest BCUT2D eigenvalue weighted by molar-refractivity contribution is 0.416. The van der Waals surface area contributed by atoms with Crippen LogP contribution in [-0.4, -0.2) is 17.1 Å². The molecule has 0 bridgehead atoms. The van der Waals surface area contributed by atoms with Gasteiger partial charge in [0.15, 0.2) is 5.82 Å². The van der Waals surface area contributed by atoms with E-state index in [0.717, 1.165) is 11.1 Å². The van der Waals surface area contributed by atoms with Gasteiger partial charge >= 0.3 is 0 Å². The van der Waals surface area contributed by atoms with Crippen LogP contribution < -0.4 is 4.74 Å².